The van der Waals surface area contributed by atoms with Crippen LogP contribution in [0, 0.1) is 0 Å². The molecule has 21 heavy (non-hydrogen) atoms. The molecular weight excluding hydrogens is 272 g/mol. The van der Waals surface area contributed by atoms with Crippen LogP contribution in [0.5, 0.6) is 0 Å². The average molecular weight is 292 g/mol. The van der Waals surface area contributed by atoms with Crippen LogP contribution in [0.3, 0.4) is 0 Å². The van der Waals surface area contributed by atoms with Crippen LogP contribution in [0.15, 0.2) is 24.3 Å². The number of urea groups is 1. The van der Waals surface area contributed by atoms with Gasteiger partial charge in [-0.3, -0.25) is 14.9 Å². The quantitative estimate of drug-likeness (QED) is 0.714. The molecule has 1 aromatic rings. The molecule has 1 rings (SSSR count). The zero-order valence-corrected chi connectivity index (χ0v) is 12.0. The molecule has 3 amide bonds. The normalized spacial score (nSPS) is 9.95. The molecule has 3 N–H and O–H groups in total. The highest BCUT2D eigenvalue weighted by Gasteiger charge is 2.08. The van der Waals surface area contributed by atoms with Crippen molar-refractivity contribution >= 4 is 17.9 Å². The van der Waals surface area contributed by atoms with E-state index in [2.05, 4.69) is 17.6 Å². The number of imide groups is 1. The number of hydrogen-bond acceptors (Lipinski definition) is 3. The molecule has 0 atom stereocenters. The average Bonchev–Trinajstić information content (AvgIpc) is 2.45. The van der Waals surface area contributed by atoms with E-state index in [-0.39, 0.29) is 19.3 Å². The predicted molar refractivity (Wildman–Crippen MR) is 77.7 cm³/mol. The van der Waals surface area contributed by atoms with Gasteiger partial charge in [-0.15, -0.1) is 0 Å². The molecule has 0 aliphatic heterocycles. The molecule has 0 saturated carbocycles. The van der Waals surface area contributed by atoms with Gasteiger partial charge in [-0.05, 0) is 24.0 Å². The maximum Gasteiger partial charge on any atom is 0.321 e. The van der Waals surface area contributed by atoms with Gasteiger partial charge in [0.15, 0.2) is 0 Å². The van der Waals surface area contributed by atoms with Crippen molar-refractivity contribution in [2.24, 2.45) is 0 Å². The lowest BCUT2D eigenvalue weighted by molar-refractivity contribution is -0.137. The SMILES string of the molecule is CCc1ccc(CNC(=O)NC(=O)CCCC(=O)O)cc1. The van der Waals surface area contributed by atoms with Crippen LogP contribution in [-0.2, 0) is 22.6 Å². The number of carbonyl (C=O) groups is 3. The minimum Gasteiger partial charge on any atom is -0.481 e. The number of aryl methyl sites for hydroxylation is 1. The van der Waals surface area contributed by atoms with Gasteiger partial charge in [-0.2, -0.15) is 0 Å². The first-order valence-corrected chi connectivity index (χ1v) is 6.88. The molecule has 6 nitrogen and oxygen atoms in total. The third-order valence-electron chi connectivity index (χ3n) is 2.93. The number of hydrogen-bond donors (Lipinski definition) is 3. The Morgan fingerprint density at radius 3 is 2.24 bits per heavy atom. The third kappa shape index (κ3) is 7.10. The lowest BCUT2D eigenvalue weighted by Crippen LogP contribution is -2.39. The number of carbonyl (C=O) groups excluding carboxylic acids is 2. The Bertz CT molecular complexity index is 497. The Balaban J connectivity index is 2.26. The summed E-state index contributed by atoms with van der Waals surface area (Å²) >= 11 is 0. The van der Waals surface area contributed by atoms with Crippen LogP contribution in [0.1, 0.15) is 37.3 Å². The van der Waals surface area contributed by atoms with E-state index in [0.29, 0.717) is 6.54 Å². The minimum absolute atomic E-state index is 0.0188. The van der Waals surface area contributed by atoms with E-state index in [1.807, 2.05) is 24.3 Å². The first-order chi connectivity index (χ1) is 10.0. The van der Waals surface area contributed by atoms with Crippen molar-refractivity contribution in [3.63, 3.8) is 0 Å². The van der Waals surface area contributed by atoms with Gasteiger partial charge in [0.1, 0.15) is 0 Å². The Kier molecular flexibility index (Phi) is 6.94. The van der Waals surface area contributed by atoms with E-state index in [1.54, 1.807) is 0 Å². The maximum absolute atomic E-state index is 11.5. The molecular formula is C15H20N2O4. The number of carboxylic acid groups (broad SMARTS) is 1. The first kappa shape index (κ1) is 16.7. The minimum atomic E-state index is -0.956. The lowest BCUT2D eigenvalue weighted by Gasteiger charge is -2.07. The summed E-state index contributed by atoms with van der Waals surface area (Å²) in [6.45, 7) is 2.40. The lowest BCUT2D eigenvalue weighted by atomic mass is 10.1. The van der Waals surface area contributed by atoms with E-state index in [4.69, 9.17) is 5.11 Å². The summed E-state index contributed by atoms with van der Waals surface area (Å²) in [6.07, 6.45) is 1.11. The highest BCUT2D eigenvalue weighted by atomic mass is 16.4. The van der Waals surface area contributed by atoms with E-state index >= 15 is 0 Å². The van der Waals surface area contributed by atoms with Crippen LogP contribution in [0.2, 0.25) is 0 Å². The van der Waals surface area contributed by atoms with Crippen molar-refractivity contribution in [3.05, 3.63) is 35.4 Å². The smallest absolute Gasteiger partial charge is 0.321 e. The van der Waals surface area contributed by atoms with Gasteiger partial charge < -0.3 is 10.4 Å². The zero-order valence-electron chi connectivity index (χ0n) is 12.0. The second kappa shape index (κ2) is 8.73. The second-order valence-electron chi connectivity index (χ2n) is 4.65. The molecule has 0 aromatic heterocycles. The van der Waals surface area contributed by atoms with E-state index in [0.717, 1.165) is 12.0 Å². The molecule has 0 saturated heterocycles. The van der Waals surface area contributed by atoms with E-state index < -0.39 is 17.9 Å². The summed E-state index contributed by atoms with van der Waals surface area (Å²) < 4.78 is 0. The summed E-state index contributed by atoms with van der Waals surface area (Å²) in [6, 6.07) is 7.26. The summed E-state index contributed by atoms with van der Waals surface area (Å²) in [4.78, 5) is 33.1. The van der Waals surface area contributed by atoms with Crippen LogP contribution >= 0.6 is 0 Å². The van der Waals surface area contributed by atoms with Gasteiger partial charge in [-0.1, -0.05) is 31.2 Å². The monoisotopic (exact) mass is 292 g/mol. The number of nitrogens with one attached hydrogen (secondary N) is 2. The first-order valence-electron chi connectivity index (χ1n) is 6.88. The van der Waals surface area contributed by atoms with Crippen molar-refractivity contribution in [1.82, 2.24) is 10.6 Å². The topological polar surface area (TPSA) is 95.5 Å². The highest BCUT2D eigenvalue weighted by molar-refractivity contribution is 5.94. The third-order valence-corrected chi connectivity index (χ3v) is 2.93. The van der Waals surface area contributed by atoms with Crippen LogP contribution in [-0.4, -0.2) is 23.0 Å². The van der Waals surface area contributed by atoms with Crippen molar-refractivity contribution < 1.29 is 19.5 Å². The van der Waals surface area contributed by atoms with Crippen molar-refractivity contribution in [1.29, 1.82) is 0 Å². The maximum atomic E-state index is 11.5. The van der Waals surface area contributed by atoms with Gasteiger partial charge >= 0.3 is 12.0 Å². The van der Waals surface area contributed by atoms with Crippen LogP contribution < -0.4 is 10.6 Å². The highest BCUT2D eigenvalue weighted by Crippen LogP contribution is 2.04. The molecule has 0 unspecified atom stereocenters. The fourth-order valence-corrected chi connectivity index (χ4v) is 1.71. The number of benzene rings is 1. The molecule has 114 valence electrons. The van der Waals surface area contributed by atoms with Gasteiger partial charge in [0.05, 0.1) is 0 Å². The number of carboxylic acids is 1. The zero-order chi connectivity index (χ0) is 15.7. The molecule has 0 spiro atoms. The van der Waals surface area contributed by atoms with E-state index in [9.17, 15) is 14.4 Å². The number of amides is 3. The van der Waals surface area contributed by atoms with Crippen LogP contribution in [0.4, 0.5) is 4.79 Å². The summed E-state index contributed by atoms with van der Waals surface area (Å²) in [5.74, 6) is -1.43. The molecule has 0 fully saturated rings. The largest absolute Gasteiger partial charge is 0.481 e. The molecule has 1 aromatic carbocycles. The standard InChI is InChI=1S/C15H20N2O4/c1-2-11-6-8-12(9-7-11)10-16-15(21)17-13(18)4-3-5-14(19)20/h6-9H,2-5,10H2,1H3,(H,19,20)(H2,16,17,18,21). The van der Waals surface area contributed by atoms with E-state index in [1.165, 1.54) is 5.56 Å². The van der Waals surface area contributed by atoms with Gasteiger partial charge in [0.2, 0.25) is 5.91 Å². The Labute approximate surface area is 123 Å². The molecule has 0 aliphatic rings. The Morgan fingerprint density at radius 2 is 1.67 bits per heavy atom. The number of aliphatic carboxylic acids is 1. The molecule has 6 heteroatoms. The Hall–Kier alpha value is -2.37. The van der Waals surface area contributed by atoms with Crippen molar-refractivity contribution in [2.45, 2.75) is 39.2 Å². The summed E-state index contributed by atoms with van der Waals surface area (Å²) in [5.41, 5.74) is 2.16. The summed E-state index contributed by atoms with van der Waals surface area (Å²) in [7, 11) is 0. The van der Waals surface area contributed by atoms with Crippen molar-refractivity contribution in [2.75, 3.05) is 0 Å². The second-order valence-corrected chi connectivity index (χ2v) is 4.65. The van der Waals surface area contributed by atoms with Gasteiger partial charge in [0, 0.05) is 19.4 Å². The van der Waals surface area contributed by atoms with Crippen LogP contribution in [0.25, 0.3) is 0 Å². The fourth-order valence-electron chi connectivity index (χ4n) is 1.71. The molecule has 0 radical (unpaired) electrons. The number of rotatable bonds is 7. The van der Waals surface area contributed by atoms with Crippen molar-refractivity contribution in [3.8, 4) is 0 Å². The molecule has 0 heterocycles. The summed E-state index contributed by atoms with van der Waals surface area (Å²) in [5, 5.41) is 13.2. The van der Waals surface area contributed by atoms with Gasteiger partial charge in [0.25, 0.3) is 0 Å². The molecule has 0 bridgehead atoms. The van der Waals surface area contributed by atoms with Gasteiger partial charge in [-0.25, -0.2) is 4.79 Å². The Morgan fingerprint density at radius 1 is 1.05 bits per heavy atom. The predicted octanol–water partition coefficient (Wildman–Crippen LogP) is 1.83. The fraction of sp³-hybridized carbons (Fsp3) is 0.400. The molecule has 0 aliphatic carbocycles.